The van der Waals surface area contributed by atoms with E-state index < -0.39 is 10.0 Å². The molecule has 0 bridgehead atoms. The fourth-order valence-corrected chi connectivity index (χ4v) is 3.09. The van der Waals surface area contributed by atoms with Crippen LogP contribution >= 0.6 is 22.9 Å². The van der Waals surface area contributed by atoms with Crippen LogP contribution in [-0.2, 0) is 16.6 Å². The van der Waals surface area contributed by atoms with Gasteiger partial charge in [0.05, 0.1) is 9.92 Å². The summed E-state index contributed by atoms with van der Waals surface area (Å²) >= 11 is 7.12. The molecule has 0 radical (unpaired) electrons. The topological polar surface area (TPSA) is 89.3 Å². The Bertz CT molecular complexity index is 723. The number of carbonyl (C=O) groups excluding carboxylic acids is 1. The monoisotopic (exact) mass is 330 g/mol. The third kappa shape index (κ3) is 3.57. The zero-order chi connectivity index (χ0) is 14.8. The normalized spacial score (nSPS) is 11.3. The van der Waals surface area contributed by atoms with Crippen LogP contribution in [0.1, 0.15) is 15.2 Å². The number of halogens is 1. The third-order valence-electron chi connectivity index (χ3n) is 2.53. The van der Waals surface area contributed by atoms with Gasteiger partial charge in [0.15, 0.2) is 0 Å². The van der Waals surface area contributed by atoms with Crippen LogP contribution in [-0.4, -0.2) is 14.3 Å². The second-order valence-electron chi connectivity index (χ2n) is 3.97. The highest BCUT2D eigenvalue weighted by Gasteiger charge is 2.11. The number of nitrogens with two attached hydrogens (primary N) is 1. The Labute approximate surface area is 125 Å². The zero-order valence-corrected chi connectivity index (χ0v) is 12.6. The van der Waals surface area contributed by atoms with Crippen LogP contribution < -0.4 is 10.5 Å². The summed E-state index contributed by atoms with van der Waals surface area (Å²) in [5.41, 5.74) is 0.762. The van der Waals surface area contributed by atoms with E-state index in [1.165, 1.54) is 23.5 Å². The number of amides is 1. The van der Waals surface area contributed by atoms with Crippen molar-refractivity contribution in [1.82, 2.24) is 5.32 Å². The second-order valence-corrected chi connectivity index (χ2v) is 6.85. The van der Waals surface area contributed by atoms with Gasteiger partial charge in [-0.2, -0.15) is 0 Å². The molecule has 2 rings (SSSR count). The zero-order valence-electron chi connectivity index (χ0n) is 10.2. The predicted octanol–water partition coefficient (Wildman–Crippen LogP) is 1.98. The number of hydrogen-bond acceptors (Lipinski definition) is 4. The van der Waals surface area contributed by atoms with E-state index in [-0.39, 0.29) is 17.3 Å². The molecule has 1 aromatic heterocycles. The molecular formula is C12H11ClN2O3S2. The molecule has 0 saturated carbocycles. The molecule has 3 N–H and O–H groups in total. The van der Waals surface area contributed by atoms with Crippen molar-refractivity contribution in [3.63, 3.8) is 0 Å². The van der Waals surface area contributed by atoms with Gasteiger partial charge in [0, 0.05) is 6.54 Å². The molecule has 5 nitrogen and oxygen atoms in total. The molecule has 0 aliphatic rings. The van der Waals surface area contributed by atoms with Crippen LogP contribution in [0.4, 0.5) is 0 Å². The lowest BCUT2D eigenvalue weighted by molar-refractivity contribution is 0.0955. The van der Waals surface area contributed by atoms with E-state index in [0.29, 0.717) is 9.90 Å². The van der Waals surface area contributed by atoms with Gasteiger partial charge in [-0.1, -0.05) is 23.7 Å². The van der Waals surface area contributed by atoms with E-state index >= 15 is 0 Å². The molecule has 1 amide bonds. The Kier molecular flexibility index (Phi) is 4.44. The van der Waals surface area contributed by atoms with Crippen LogP contribution in [0.3, 0.4) is 0 Å². The Balaban J connectivity index is 2.02. The van der Waals surface area contributed by atoms with Crippen molar-refractivity contribution in [2.24, 2.45) is 5.14 Å². The van der Waals surface area contributed by atoms with Gasteiger partial charge >= 0.3 is 0 Å². The lowest BCUT2D eigenvalue weighted by atomic mass is 10.2. The highest BCUT2D eigenvalue weighted by Crippen LogP contribution is 2.21. The number of benzene rings is 1. The van der Waals surface area contributed by atoms with Gasteiger partial charge in [0.25, 0.3) is 5.91 Å². The average molecular weight is 331 g/mol. The van der Waals surface area contributed by atoms with E-state index in [4.69, 9.17) is 16.7 Å². The van der Waals surface area contributed by atoms with E-state index in [9.17, 15) is 13.2 Å². The smallest absolute Gasteiger partial charge is 0.263 e. The molecule has 1 aromatic carbocycles. The molecule has 0 aliphatic heterocycles. The van der Waals surface area contributed by atoms with Crippen molar-refractivity contribution < 1.29 is 13.2 Å². The summed E-state index contributed by atoms with van der Waals surface area (Å²) in [4.78, 5) is 12.3. The maximum absolute atomic E-state index is 11.8. The molecule has 20 heavy (non-hydrogen) atoms. The van der Waals surface area contributed by atoms with E-state index in [1.807, 2.05) is 0 Å². The summed E-state index contributed by atoms with van der Waals surface area (Å²) in [5.74, 6) is -0.263. The highest BCUT2D eigenvalue weighted by molar-refractivity contribution is 7.89. The van der Waals surface area contributed by atoms with Crippen LogP contribution in [0.15, 0.2) is 40.6 Å². The highest BCUT2D eigenvalue weighted by atomic mass is 35.5. The minimum atomic E-state index is -3.70. The summed E-state index contributed by atoms with van der Waals surface area (Å²) in [5, 5.41) is 9.85. The molecule has 8 heteroatoms. The Hall–Kier alpha value is -1.41. The number of hydrogen-bond donors (Lipinski definition) is 2. The maximum Gasteiger partial charge on any atom is 0.263 e. The van der Waals surface area contributed by atoms with E-state index in [0.717, 1.165) is 5.56 Å². The van der Waals surface area contributed by atoms with E-state index in [2.05, 4.69) is 5.32 Å². The third-order valence-corrected chi connectivity index (χ3v) is 4.80. The van der Waals surface area contributed by atoms with Crippen molar-refractivity contribution >= 4 is 38.9 Å². The summed E-state index contributed by atoms with van der Waals surface area (Å²) in [6, 6.07) is 7.64. The first-order valence-corrected chi connectivity index (χ1v) is 8.31. The number of nitrogens with one attached hydrogen (secondary N) is 1. The summed E-state index contributed by atoms with van der Waals surface area (Å²) < 4.78 is 22.2. The first kappa shape index (κ1) is 15.0. The summed E-state index contributed by atoms with van der Waals surface area (Å²) in [6.07, 6.45) is 0. The SMILES string of the molecule is NS(=O)(=O)c1ccc(CNC(=O)c2sccc2Cl)cc1. The number of primary sulfonamides is 1. The minimum Gasteiger partial charge on any atom is -0.347 e. The molecule has 1 heterocycles. The number of thiophene rings is 1. The van der Waals surface area contributed by atoms with Gasteiger partial charge in [-0.05, 0) is 29.1 Å². The van der Waals surface area contributed by atoms with Crippen molar-refractivity contribution in [3.05, 3.63) is 51.2 Å². The molecule has 0 aliphatic carbocycles. The molecular weight excluding hydrogens is 320 g/mol. The lowest BCUT2D eigenvalue weighted by Gasteiger charge is -2.05. The molecule has 2 aromatic rings. The van der Waals surface area contributed by atoms with Gasteiger partial charge in [-0.3, -0.25) is 4.79 Å². The number of rotatable bonds is 4. The Morgan fingerprint density at radius 1 is 1.25 bits per heavy atom. The largest absolute Gasteiger partial charge is 0.347 e. The van der Waals surface area contributed by atoms with Crippen molar-refractivity contribution in [1.29, 1.82) is 0 Å². The maximum atomic E-state index is 11.8. The molecule has 106 valence electrons. The van der Waals surface area contributed by atoms with Crippen molar-refractivity contribution in [2.45, 2.75) is 11.4 Å². The first-order valence-electron chi connectivity index (χ1n) is 5.51. The molecule has 0 unspecified atom stereocenters. The van der Waals surface area contributed by atoms with Gasteiger partial charge in [0.2, 0.25) is 10.0 Å². The summed E-state index contributed by atoms with van der Waals surface area (Å²) in [7, 11) is -3.70. The standard InChI is InChI=1S/C12H11ClN2O3S2/c13-10-5-6-19-11(10)12(16)15-7-8-1-3-9(4-2-8)20(14,17)18/h1-6H,7H2,(H,15,16)(H2,14,17,18). The fraction of sp³-hybridized carbons (Fsp3) is 0.0833. The molecule has 0 saturated heterocycles. The first-order chi connectivity index (χ1) is 9.38. The Morgan fingerprint density at radius 2 is 1.90 bits per heavy atom. The molecule has 0 spiro atoms. The molecule has 0 atom stereocenters. The van der Waals surface area contributed by atoms with Gasteiger partial charge in [-0.25, -0.2) is 13.6 Å². The predicted molar refractivity (Wildman–Crippen MR) is 78.3 cm³/mol. The minimum absolute atomic E-state index is 0.0360. The Morgan fingerprint density at radius 3 is 2.40 bits per heavy atom. The van der Waals surface area contributed by atoms with Crippen molar-refractivity contribution in [3.8, 4) is 0 Å². The lowest BCUT2D eigenvalue weighted by Crippen LogP contribution is -2.22. The van der Waals surface area contributed by atoms with Gasteiger partial charge in [0.1, 0.15) is 4.88 Å². The van der Waals surface area contributed by atoms with Gasteiger partial charge in [-0.15, -0.1) is 11.3 Å². The van der Waals surface area contributed by atoms with Crippen LogP contribution in [0.2, 0.25) is 5.02 Å². The van der Waals surface area contributed by atoms with Gasteiger partial charge < -0.3 is 5.32 Å². The average Bonchev–Trinajstić information content (AvgIpc) is 2.82. The second kappa shape index (κ2) is 5.92. The number of carbonyl (C=O) groups is 1. The van der Waals surface area contributed by atoms with Crippen LogP contribution in [0, 0.1) is 0 Å². The number of sulfonamides is 1. The fourth-order valence-electron chi connectivity index (χ4n) is 1.52. The molecule has 0 fully saturated rings. The van der Waals surface area contributed by atoms with Crippen LogP contribution in [0.25, 0.3) is 0 Å². The quantitative estimate of drug-likeness (QED) is 0.898. The van der Waals surface area contributed by atoms with Crippen molar-refractivity contribution in [2.75, 3.05) is 0 Å². The van der Waals surface area contributed by atoms with Crippen LogP contribution in [0.5, 0.6) is 0 Å². The summed E-state index contributed by atoms with van der Waals surface area (Å²) in [6.45, 7) is 0.276. The van der Waals surface area contributed by atoms with E-state index in [1.54, 1.807) is 23.6 Å².